The van der Waals surface area contributed by atoms with Crippen LogP contribution in [0.3, 0.4) is 0 Å². The lowest BCUT2D eigenvalue weighted by Gasteiger charge is -2.16. The number of nitrogens with one attached hydrogen (secondary N) is 1. The van der Waals surface area contributed by atoms with E-state index in [-0.39, 0.29) is 0 Å². The normalized spacial score (nSPS) is 15.9. The van der Waals surface area contributed by atoms with Crippen LogP contribution >= 0.6 is 0 Å². The lowest BCUT2D eigenvalue weighted by Crippen LogP contribution is -2.28. The van der Waals surface area contributed by atoms with Gasteiger partial charge < -0.3 is 5.32 Å². The molecule has 21 heavy (non-hydrogen) atoms. The average molecular weight is 314 g/mol. The van der Waals surface area contributed by atoms with Crippen molar-refractivity contribution in [1.82, 2.24) is 19.4 Å². The molecule has 0 amide bonds. The molecule has 1 aliphatic carbocycles. The molecule has 0 saturated heterocycles. The zero-order valence-corrected chi connectivity index (χ0v) is 14.2. The van der Waals surface area contributed by atoms with Crippen LogP contribution in [0.4, 0.5) is 0 Å². The van der Waals surface area contributed by atoms with Gasteiger partial charge in [-0.2, -0.15) is 5.10 Å². The number of nitrogens with zero attached hydrogens (tertiary/aromatic N) is 3. The fraction of sp³-hybridized carbons (Fsp3) is 0.786. The van der Waals surface area contributed by atoms with Crippen molar-refractivity contribution in [1.29, 1.82) is 0 Å². The van der Waals surface area contributed by atoms with Crippen molar-refractivity contribution in [2.45, 2.75) is 57.5 Å². The van der Waals surface area contributed by atoms with Crippen LogP contribution in [0.25, 0.3) is 0 Å². The van der Waals surface area contributed by atoms with Crippen molar-refractivity contribution < 1.29 is 8.42 Å². The summed E-state index contributed by atoms with van der Waals surface area (Å²) in [5, 5.41) is 7.83. The predicted octanol–water partition coefficient (Wildman–Crippen LogP) is 1.28. The predicted molar refractivity (Wildman–Crippen MR) is 82.8 cm³/mol. The van der Waals surface area contributed by atoms with Crippen LogP contribution in [0.2, 0.25) is 0 Å². The maximum atomic E-state index is 12.6. The average Bonchev–Trinajstić information content (AvgIpc) is 3.16. The summed E-state index contributed by atoms with van der Waals surface area (Å²) in [7, 11) is -1.81. The summed E-state index contributed by atoms with van der Waals surface area (Å²) in [5.74, 6) is 0. The van der Waals surface area contributed by atoms with Gasteiger partial charge in [0.1, 0.15) is 4.90 Å². The van der Waals surface area contributed by atoms with Crippen LogP contribution in [0, 0.1) is 13.8 Å². The van der Waals surface area contributed by atoms with Gasteiger partial charge in [-0.15, -0.1) is 0 Å². The van der Waals surface area contributed by atoms with Gasteiger partial charge in [-0.3, -0.25) is 4.68 Å². The molecule has 1 heterocycles. The largest absolute Gasteiger partial charge is 0.312 e. The van der Waals surface area contributed by atoms with Gasteiger partial charge in [0.2, 0.25) is 10.0 Å². The van der Waals surface area contributed by atoms with E-state index < -0.39 is 10.0 Å². The Morgan fingerprint density at radius 2 is 2.05 bits per heavy atom. The number of sulfonamides is 1. The molecule has 1 fully saturated rings. The Bertz CT molecular complexity index is 590. The van der Waals surface area contributed by atoms with E-state index in [1.807, 2.05) is 13.8 Å². The fourth-order valence-corrected chi connectivity index (χ4v) is 4.15. The minimum absolute atomic E-state index is 0.366. The van der Waals surface area contributed by atoms with Gasteiger partial charge in [0.05, 0.1) is 17.9 Å². The zero-order chi connectivity index (χ0) is 15.6. The molecule has 0 atom stereocenters. The molecule has 2 rings (SSSR count). The minimum atomic E-state index is -3.44. The van der Waals surface area contributed by atoms with Gasteiger partial charge in [-0.25, -0.2) is 12.7 Å². The van der Waals surface area contributed by atoms with Gasteiger partial charge >= 0.3 is 0 Å². The van der Waals surface area contributed by atoms with E-state index in [1.54, 1.807) is 18.7 Å². The van der Waals surface area contributed by atoms with Gasteiger partial charge in [0, 0.05) is 26.2 Å². The molecule has 1 aromatic heterocycles. The van der Waals surface area contributed by atoms with Gasteiger partial charge in [0.25, 0.3) is 0 Å². The quantitative estimate of drug-likeness (QED) is 0.785. The Morgan fingerprint density at radius 3 is 2.62 bits per heavy atom. The van der Waals surface area contributed by atoms with Crippen LogP contribution in [-0.4, -0.2) is 48.7 Å². The molecule has 0 bridgehead atoms. The summed E-state index contributed by atoms with van der Waals surface area (Å²) in [4.78, 5) is 0.366. The van der Waals surface area contributed by atoms with Gasteiger partial charge in [-0.05, 0) is 33.1 Å². The van der Waals surface area contributed by atoms with Crippen molar-refractivity contribution in [2.75, 3.05) is 20.1 Å². The van der Waals surface area contributed by atoms with E-state index >= 15 is 0 Å². The van der Waals surface area contributed by atoms with E-state index in [2.05, 4.69) is 10.4 Å². The summed E-state index contributed by atoms with van der Waals surface area (Å²) in [6.07, 6.45) is 3.30. The number of rotatable bonds is 8. The minimum Gasteiger partial charge on any atom is -0.312 e. The molecule has 6 nitrogen and oxygen atoms in total. The molecule has 0 aromatic carbocycles. The van der Waals surface area contributed by atoms with Crippen LogP contribution in [0.15, 0.2) is 4.90 Å². The zero-order valence-electron chi connectivity index (χ0n) is 13.4. The standard InChI is InChI=1S/C14H26N4O2S/c1-5-9-17(4)21(19,20)14-11(2)16-18(12(14)3)10-8-15-13-6-7-13/h13,15H,5-10H2,1-4H3. The lowest BCUT2D eigenvalue weighted by molar-refractivity contribution is 0.467. The van der Waals surface area contributed by atoms with Crippen LogP contribution in [0.1, 0.15) is 37.6 Å². The summed E-state index contributed by atoms with van der Waals surface area (Å²) in [6, 6.07) is 0.654. The highest BCUT2D eigenvalue weighted by Gasteiger charge is 2.28. The maximum absolute atomic E-state index is 12.6. The Balaban J connectivity index is 2.17. The molecule has 0 spiro atoms. The Labute approximate surface area is 127 Å². The van der Waals surface area contributed by atoms with Crippen molar-refractivity contribution in [3.63, 3.8) is 0 Å². The molecular weight excluding hydrogens is 288 g/mol. The Hall–Kier alpha value is -0.920. The molecule has 7 heteroatoms. The highest BCUT2D eigenvalue weighted by molar-refractivity contribution is 7.89. The van der Waals surface area contributed by atoms with E-state index in [9.17, 15) is 8.42 Å². The number of aryl methyl sites for hydroxylation is 1. The molecule has 1 saturated carbocycles. The highest BCUT2D eigenvalue weighted by atomic mass is 32.2. The summed E-state index contributed by atoms with van der Waals surface area (Å²) < 4.78 is 28.5. The second-order valence-corrected chi connectivity index (χ2v) is 7.76. The molecule has 120 valence electrons. The topological polar surface area (TPSA) is 67.2 Å². The molecule has 1 N–H and O–H groups in total. The summed E-state index contributed by atoms with van der Waals surface area (Å²) in [5.41, 5.74) is 1.31. The van der Waals surface area contributed by atoms with Crippen LogP contribution < -0.4 is 5.32 Å². The first-order chi connectivity index (χ1) is 9.87. The van der Waals surface area contributed by atoms with E-state index in [4.69, 9.17) is 0 Å². The SMILES string of the molecule is CCCN(C)S(=O)(=O)c1c(C)nn(CCNC2CC2)c1C. The third kappa shape index (κ3) is 3.64. The number of hydrogen-bond acceptors (Lipinski definition) is 4. The Morgan fingerprint density at radius 1 is 1.38 bits per heavy atom. The fourth-order valence-electron chi connectivity index (χ4n) is 2.52. The van der Waals surface area contributed by atoms with E-state index in [0.29, 0.717) is 29.7 Å². The van der Waals surface area contributed by atoms with E-state index in [0.717, 1.165) is 18.7 Å². The number of aromatic nitrogens is 2. The summed E-state index contributed by atoms with van der Waals surface area (Å²) in [6.45, 7) is 7.63. The molecule has 0 radical (unpaired) electrons. The van der Waals surface area contributed by atoms with E-state index in [1.165, 1.54) is 17.1 Å². The van der Waals surface area contributed by atoms with Crippen molar-refractivity contribution in [2.24, 2.45) is 0 Å². The highest BCUT2D eigenvalue weighted by Crippen LogP contribution is 2.23. The number of hydrogen-bond donors (Lipinski definition) is 1. The third-order valence-electron chi connectivity index (χ3n) is 3.86. The van der Waals surface area contributed by atoms with Crippen molar-refractivity contribution >= 4 is 10.0 Å². The molecule has 0 aliphatic heterocycles. The third-order valence-corrected chi connectivity index (χ3v) is 5.97. The second kappa shape index (κ2) is 6.46. The first-order valence-electron chi connectivity index (χ1n) is 7.61. The molecule has 1 aliphatic rings. The lowest BCUT2D eigenvalue weighted by atomic mass is 10.4. The van der Waals surface area contributed by atoms with Crippen molar-refractivity contribution in [3.8, 4) is 0 Å². The Kier molecular flexibility index (Phi) is 5.06. The summed E-state index contributed by atoms with van der Waals surface area (Å²) >= 11 is 0. The van der Waals surface area contributed by atoms with Crippen LogP contribution in [-0.2, 0) is 16.6 Å². The molecule has 1 aromatic rings. The smallest absolute Gasteiger partial charge is 0.246 e. The van der Waals surface area contributed by atoms with Gasteiger partial charge in [0.15, 0.2) is 0 Å². The molecule has 0 unspecified atom stereocenters. The second-order valence-electron chi connectivity index (χ2n) is 5.78. The van der Waals surface area contributed by atoms with Crippen molar-refractivity contribution in [3.05, 3.63) is 11.4 Å². The first-order valence-corrected chi connectivity index (χ1v) is 9.05. The monoisotopic (exact) mass is 314 g/mol. The first kappa shape index (κ1) is 16.5. The van der Waals surface area contributed by atoms with Gasteiger partial charge in [-0.1, -0.05) is 6.92 Å². The maximum Gasteiger partial charge on any atom is 0.246 e. The molecular formula is C14H26N4O2S. The van der Waals surface area contributed by atoms with Crippen LogP contribution in [0.5, 0.6) is 0 Å².